The van der Waals surface area contributed by atoms with E-state index in [2.05, 4.69) is 10.2 Å². The fraction of sp³-hybridized carbons (Fsp3) is 0.520. The van der Waals surface area contributed by atoms with Crippen molar-refractivity contribution in [3.63, 3.8) is 0 Å². The molecule has 2 aliphatic rings. The van der Waals surface area contributed by atoms with Crippen LogP contribution in [0.25, 0.3) is 0 Å². The van der Waals surface area contributed by atoms with Gasteiger partial charge in [-0.1, -0.05) is 18.2 Å². The van der Waals surface area contributed by atoms with Crippen molar-refractivity contribution in [1.82, 2.24) is 4.90 Å². The van der Waals surface area contributed by atoms with Crippen LogP contribution in [0.5, 0.6) is 0 Å². The van der Waals surface area contributed by atoms with Crippen LogP contribution in [0, 0.1) is 5.92 Å². The fourth-order valence-corrected chi connectivity index (χ4v) is 7.08. The number of benzene rings is 2. The summed E-state index contributed by atoms with van der Waals surface area (Å²) in [6.45, 7) is 3.00. The topological polar surface area (TPSA) is 119 Å². The van der Waals surface area contributed by atoms with E-state index in [4.69, 9.17) is 9.88 Å². The van der Waals surface area contributed by atoms with E-state index in [0.29, 0.717) is 43.4 Å². The molecule has 3 N–H and O–H groups in total. The van der Waals surface area contributed by atoms with Crippen LogP contribution in [-0.2, 0) is 24.6 Å². The Morgan fingerprint density at radius 1 is 1.08 bits per heavy atom. The minimum atomic E-state index is -5.87. The first kappa shape index (κ1) is 30.1. The number of hydrogen-bond donors (Lipinski definition) is 2. The lowest BCUT2D eigenvalue weighted by atomic mass is 10.1. The zero-order valence-corrected chi connectivity index (χ0v) is 23.6. The van der Waals surface area contributed by atoms with Crippen molar-refractivity contribution in [3.8, 4) is 0 Å². The van der Waals surface area contributed by atoms with E-state index in [0.717, 1.165) is 49.4 Å². The molecule has 1 heterocycles. The molecule has 39 heavy (non-hydrogen) atoms. The summed E-state index contributed by atoms with van der Waals surface area (Å²) >= 11 is 1.49. The molecular weight excluding hydrogens is 575 g/mol. The number of anilines is 1. The third kappa shape index (κ3) is 8.10. The highest BCUT2D eigenvalue weighted by Crippen LogP contribution is 2.37. The summed E-state index contributed by atoms with van der Waals surface area (Å²) in [7, 11) is -10.3. The van der Waals surface area contributed by atoms with Crippen LogP contribution >= 0.6 is 11.8 Å². The van der Waals surface area contributed by atoms with Crippen molar-refractivity contribution in [1.29, 1.82) is 0 Å². The second kappa shape index (κ2) is 12.4. The molecule has 0 radical (unpaired) electrons. The van der Waals surface area contributed by atoms with E-state index in [-0.39, 0.29) is 5.69 Å². The second-order valence-electron chi connectivity index (χ2n) is 9.86. The summed E-state index contributed by atoms with van der Waals surface area (Å²) in [5.74, 6) is 0.877. The van der Waals surface area contributed by atoms with Crippen LogP contribution < -0.4 is 10.5 Å². The molecule has 2 aromatic rings. The van der Waals surface area contributed by atoms with Crippen molar-refractivity contribution in [2.45, 2.75) is 58.0 Å². The van der Waals surface area contributed by atoms with Crippen molar-refractivity contribution in [3.05, 3.63) is 48.5 Å². The quantitative estimate of drug-likeness (QED) is 0.327. The second-order valence-corrected chi connectivity index (χ2v) is 14.4. The Hall–Kier alpha value is -1.84. The largest absolute Gasteiger partial charge is 0.501 e. The van der Waals surface area contributed by atoms with Crippen LogP contribution in [0.1, 0.15) is 25.7 Å². The molecular formula is C25H32F3N3O5S3. The number of sulfonamides is 1. The number of primary sulfonamides is 1. The van der Waals surface area contributed by atoms with Crippen molar-refractivity contribution in [2.75, 3.05) is 37.4 Å². The third-order valence-electron chi connectivity index (χ3n) is 6.77. The van der Waals surface area contributed by atoms with Crippen molar-refractivity contribution in [2.24, 2.45) is 11.1 Å². The van der Waals surface area contributed by atoms with Crippen LogP contribution in [-0.4, -0.2) is 71.4 Å². The van der Waals surface area contributed by atoms with Crippen molar-refractivity contribution < 1.29 is 34.7 Å². The average Bonchev–Trinajstić information content (AvgIpc) is 3.59. The number of hydrogen-bond acceptors (Lipinski definition) is 8. The lowest BCUT2D eigenvalue weighted by Crippen LogP contribution is -2.36. The highest BCUT2D eigenvalue weighted by Gasteiger charge is 2.48. The van der Waals surface area contributed by atoms with E-state index >= 15 is 0 Å². The molecule has 2 aromatic carbocycles. The highest BCUT2D eigenvalue weighted by atomic mass is 32.2. The molecule has 0 bridgehead atoms. The first-order valence-electron chi connectivity index (χ1n) is 12.6. The van der Waals surface area contributed by atoms with E-state index < -0.39 is 41.2 Å². The summed E-state index contributed by atoms with van der Waals surface area (Å²) in [5.41, 5.74) is -5.94. The van der Waals surface area contributed by atoms with Gasteiger partial charge in [0.05, 0.1) is 17.2 Å². The number of ether oxygens (including phenoxy) is 1. The molecule has 4 rings (SSSR count). The standard InChI is InChI=1S/C25H32F3N3O5S3/c26-25(27,28)38(32,33)24-14-22(39(29,34)35)8-9-23(24)30-19(17-37-21-4-2-1-3-5-21)10-12-31(20-6-7-20)15-18-11-13-36-16-18/h1-5,8-9,14,18-20,30H,6-7,10-13,15-17H2,(H2,29,34,35)/t18?,19-/m1/s1. The summed E-state index contributed by atoms with van der Waals surface area (Å²) in [5, 5.41) is 8.08. The zero-order chi connectivity index (χ0) is 28.3. The third-order valence-corrected chi connectivity index (χ3v) is 10.4. The molecule has 1 unspecified atom stereocenters. The summed E-state index contributed by atoms with van der Waals surface area (Å²) in [4.78, 5) is 1.46. The summed E-state index contributed by atoms with van der Waals surface area (Å²) in [6.07, 6.45) is 3.71. The predicted molar refractivity (Wildman–Crippen MR) is 144 cm³/mol. The van der Waals surface area contributed by atoms with Gasteiger partial charge >= 0.3 is 5.51 Å². The number of sulfone groups is 1. The van der Waals surface area contributed by atoms with Gasteiger partial charge in [-0.05, 0) is 61.9 Å². The SMILES string of the molecule is NS(=O)(=O)c1ccc(N[C@H](CCN(CC2CCOC2)C2CC2)CSc2ccccc2)c(S(=O)(=O)C(F)(F)F)c1. The maximum atomic E-state index is 13.6. The van der Waals surface area contributed by atoms with E-state index in [1.165, 1.54) is 11.8 Å². The van der Waals surface area contributed by atoms with Gasteiger partial charge < -0.3 is 10.1 Å². The maximum Gasteiger partial charge on any atom is 0.501 e. The molecule has 1 aliphatic heterocycles. The van der Waals surface area contributed by atoms with E-state index in [1.807, 2.05) is 30.3 Å². The Morgan fingerprint density at radius 3 is 2.38 bits per heavy atom. The van der Waals surface area contributed by atoms with Crippen molar-refractivity contribution >= 4 is 37.3 Å². The smallest absolute Gasteiger partial charge is 0.381 e. The molecule has 14 heteroatoms. The van der Waals surface area contributed by atoms with Gasteiger partial charge in [-0.15, -0.1) is 11.8 Å². The van der Waals surface area contributed by atoms with Crippen LogP contribution in [0.15, 0.2) is 63.2 Å². The monoisotopic (exact) mass is 607 g/mol. The van der Waals surface area contributed by atoms with Gasteiger partial charge in [0.15, 0.2) is 0 Å². The zero-order valence-electron chi connectivity index (χ0n) is 21.1. The maximum absolute atomic E-state index is 13.6. The number of nitrogens with zero attached hydrogens (tertiary/aromatic N) is 1. The first-order chi connectivity index (χ1) is 18.3. The fourth-order valence-electron chi connectivity index (χ4n) is 4.52. The molecule has 2 atom stereocenters. The number of nitrogens with one attached hydrogen (secondary N) is 1. The number of alkyl halides is 3. The van der Waals surface area contributed by atoms with Gasteiger partial charge in [-0.25, -0.2) is 22.0 Å². The van der Waals surface area contributed by atoms with Gasteiger partial charge in [-0.2, -0.15) is 13.2 Å². The number of rotatable bonds is 13. The van der Waals surface area contributed by atoms with Crippen LogP contribution in [0.4, 0.5) is 18.9 Å². The van der Waals surface area contributed by atoms with Gasteiger partial charge in [0.1, 0.15) is 4.90 Å². The Bertz CT molecular complexity index is 1330. The van der Waals surface area contributed by atoms with E-state index in [1.54, 1.807) is 0 Å². The summed E-state index contributed by atoms with van der Waals surface area (Å²) < 4.78 is 94.7. The van der Waals surface area contributed by atoms with E-state index in [9.17, 15) is 30.0 Å². The molecule has 0 spiro atoms. The molecule has 1 saturated heterocycles. The first-order valence-corrected chi connectivity index (χ1v) is 16.6. The Labute approximate surface area is 231 Å². The lowest BCUT2D eigenvalue weighted by Gasteiger charge is -2.28. The number of nitrogens with two attached hydrogens (primary N) is 1. The molecule has 2 fully saturated rings. The Balaban J connectivity index is 1.60. The molecule has 1 saturated carbocycles. The normalized spacial score (nSPS) is 19.4. The Morgan fingerprint density at radius 2 is 1.79 bits per heavy atom. The highest BCUT2D eigenvalue weighted by molar-refractivity contribution is 7.99. The average molecular weight is 608 g/mol. The van der Waals surface area contributed by atoms with Gasteiger partial charge in [0.25, 0.3) is 9.84 Å². The minimum Gasteiger partial charge on any atom is -0.381 e. The van der Waals surface area contributed by atoms with Gasteiger partial charge in [0, 0.05) is 42.4 Å². The molecule has 0 aromatic heterocycles. The number of thioether (sulfide) groups is 1. The van der Waals surface area contributed by atoms with Gasteiger partial charge in [-0.3, -0.25) is 4.90 Å². The minimum absolute atomic E-state index is 0.319. The summed E-state index contributed by atoms with van der Waals surface area (Å²) in [6, 6.07) is 12.0. The molecule has 1 aliphatic carbocycles. The van der Waals surface area contributed by atoms with Crippen LogP contribution in [0.2, 0.25) is 0 Å². The van der Waals surface area contributed by atoms with Gasteiger partial charge in [0.2, 0.25) is 10.0 Å². The molecule has 0 amide bonds. The molecule has 216 valence electrons. The molecule has 8 nitrogen and oxygen atoms in total. The van der Waals surface area contributed by atoms with Crippen LogP contribution in [0.3, 0.4) is 0 Å². The number of halogens is 3. The predicted octanol–water partition coefficient (Wildman–Crippen LogP) is 4.09. The Kier molecular flexibility index (Phi) is 9.54. The lowest BCUT2D eigenvalue weighted by molar-refractivity contribution is -0.0435.